The van der Waals surface area contributed by atoms with Gasteiger partial charge >= 0.3 is 0 Å². The minimum atomic E-state index is -0.426. The van der Waals surface area contributed by atoms with E-state index in [9.17, 15) is 5.26 Å². The predicted molar refractivity (Wildman–Crippen MR) is 71.0 cm³/mol. The van der Waals surface area contributed by atoms with Crippen LogP contribution in [-0.4, -0.2) is 53.5 Å². The van der Waals surface area contributed by atoms with E-state index in [1.54, 1.807) is 6.20 Å². The number of aromatic nitrogens is 1. The first-order valence-electron chi connectivity index (χ1n) is 6.38. The maximum Gasteiger partial charge on any atom is 0.110 e. The largest absolute Gasteiger partial charge is 0.304 e. The number of pyridine rings is 1. The van der Waals surface area contributed by atoms with Crippen molar-refractivity contribution in [1.29, 1.82) is 5.26 Å². The molecule has 0 aromatic carbocycles. The minimum Gasteiger partial charge on any atom is -0.304 e. The monoisotopic (exact) mass is 244 g/mol. The van der Waals surface area contributed by atoms with Crippen LogP contribution >= 0.6 is 0 Å². The third kappa shape index (κ3) is 2.87. The highest BCUT2D eigenvalue weighted by molar-refractivity contribution is 5.18. The Morgan fingerprint density at radius 2 is 2.11 bits per heavy atom. The van der Waals surface area contributed by atoms with Crippen LogP contribution in [0.15, 0.2) is 24.5 Å². The molecule has 1 aromatic rings. The summed E-state index contributed by atoms with van der Waals surface area (Å²) in [5.41, 5.74) is 0.699. The molecular weight excluding hydrogens is 224 g/mol. The van der Waals surface area contributed by atoms with Crippen LogP contribution in [0.2, 0.25) is 0 Å². The van der Waals surface area contributed by atoms with Crippen molar-refractivity contribution in [1.82, 2.24) is 14.8 Å². The standard InChI is InChI=1S/C14H20N4/c1-14(12-15,10-13-4-3-5-16-11-13)18-8-6-17(2)7-9-18/h3-5,11H,6-10H2,1-2H3. The molecule has 1 aliphatic heterocycles. The molecule has 0 saturated carbocycles. The van der Waals surface area contributed by atoms with E-state index in [0.717, 1.165) is 38.2 Å². The Morgan fingerprint density at radius 1 is 1.39 bits per heavy atom. The first kappa shape index (κ1) is 13.0. The molecule has 1 aromatic heterocycles. The summed E-state index contributed by atoms with van der Waals surface area (Å²) in [4.78, 5) is 8.72. The predicted octanol–water partition coefficient (Wildman–Crippen LogP) is 1.15. The zero-order valence-corrected chi connectivity index (χ0v) is 11.1. The van der Waals surface area contributed by atoms with E-state index < -0.39 is 5.54 Å². The van der Waals surface area contributed by atoms with Gasteiger partial charge in [-0.25, -0.2) is 0 Å². The molecule has 4 heteroatoms. The van der Waals surface area contributed by atoms with E-state index in [4.69, 9.17) is 0 Å². The zero-order valence-electron chi connectivity index (χ0n) is 11.1. The van der Waals surface area contributed by atoms with Crippen molar-refractivity contribution >= 4 is 0 Å². The van der Waals surface area contributed by atoms with Crippen LogP contribution in [0.3, 0.4) is 0 Å². The van der Waals surface area contributed by atoms with Crippen LogP contribution < -0.4 is 0 Å². The second-order valence-electron chi connectivity index (χ2n) is 5.21. The maximum absolute atomic E-state index is 9.54. The third-order valence-electron chi connectivity index (χ3n) is 3.71. The Labute approximate surface area is 109 Å². The number of hydrogen-bond donors (Lipinski definition) is 0. The first-order valence-corrected chi connectivity index (χ1v) is 6.38. The molecule has 1 atom stereocenters. The van der Waals surface area contributed by atoms with Crippen molar-refractivity contribution in [3.63, 3.8) is 0 Å². The van der Waals surface area contributed by atoms with Crippen LogP contribution in [0.1, 0.15) is 12.5 Å². The maximum atomic E-state index is 9.54. The topological polar surface area (TPSA) is 43.2 Å². The van der Waals surface area contributed by atoms with Gasteiger partial charge in [0.1, 0.15) is 5.54 Å². The molecular formula is C14H20N4. The summed E-state index contributed by atoms with van der Waals surface area (Å²) >= 11 is 0. The average molecular weight is 244 g/mol. The fourth-order valence-corrected chi connectivity index (χ4v) is 2.42. The van der Waals surface area contributed by atoms with Gasteiger partial charge in [-0.15, -0.1) is 0 Å². The smallest absolute Gasteiger partial charge is 0.110 e. The van der Waals surface area contributed by atoms with Crippen LogP contribution in [0.4, 0.5) is 0 Å². The molecule has 0 amide bonds. The fourth-order valence-electron chi connectivity index (χ4n) is 2.42. The van der Waals surface area contributed by atoms with E-state index in [0.29, 0.717) is 0 Å². The molecule has 1 unspecified atom stereocenters. The summed E-state index contributed by atoms with van der Waals surface area (Å²) in [6.45, 7) is 6.02. The van der Waals surface area contributed by atoms with Gasteiger partial charge in [-0.05, 0) is 25.6 Å². The van der Waals surface area contributed by atoms with Crippen molar-refractivity contribution in [3.8, 4) is 6.07 Å². The number of piperazine rings is 1. The summed E-state index contributed by atoms with van der Waals surface area (Å²) in [7, 11) is 2.13. The van der Waals surface area contributed by atoms with Gasteiger partial charge in [-0.2, -0.15) is 5.26 Å². The van der Waals surface area contributed by atoms with E-state index in [1.165, 1.54) is 0 Å². The van der Waals surface area contributed by atoms with Crippen molar-refractivity contribution in [2.45, 2.75) is 18.9 Å². The van der Waals surface area contributed by atoms with Crippen molar-refractivity contribution in [3.05, 3.63) is 30.1 Å². The van der Waals surface area contributed by atoms with E-state index in [2.05, 4.69) is 27.9 Å². The fraction of sp³-hybridized carbons (Fsp3) is 0.571. The van der Waals surface area contributed by atoms with E-state index >= 15 is 0 Å². The number of likely N-dealkylation sites (N-methyl/N-ethyl adjacent to an activating group) is 1. The lowest BCUT2D eigenvalue weighted by atomic mass is 9.92. The molecule has 1 saturated heterocycles. The first-order chi connectivity index (χ1) is 8.64. The van der Waals surface area contributed by atoms with Crippen molar-refractivity contribution in [2.24, 2.45) is 0 Å². The van der Waals surface area contributed by atoms with Crippen LogP contribution in [0.5, 0.6) is 0 Å². The second kappa shape index (κ2) is 5.47. The van der Waals surface area contributed by atoms with Crippen molar-refractivity contribution < 1.29 is 0 Å². The highest BCUT2D eigenvalue weighted by Crippen LogP contribution is 2.21. The molecule has 0 aliphatic carbocycles. The number of nitrogens with zero attached hydrogens (tertiary/aromatic N) is 4. The van der Waals surface area contributed by atoms with Crippen LogP contribution in [0, 0.1) is 11.3 Å². The molecule has 2 rings (SSSR count). The van der Waals surface area contributed by atoms with Crippen LogP contribution in [-0.2, 0) is 6.42 Å². The van der Waals surface area contributed by atoms with E-state index in [-0.39, 0.29) is 0 Å². The van der Waals surface area contributed by atoms with Gasteiger partial charge in [0.2, 0.25) is 0 Å². The van der Waals surface area contributed by atoms with E-state index in [1.807, 2.05) is 25.3 Å². The molecule has 1 aliphatic rings. The second-order valence-corrected chi connectivity index (χ2v) is 5.21. The minimum absolute atomic E-state index is 0.426. The molecule has 96 valence electrons. The van der Waals surface area contributed by atoms with Gasteiger partial charge in [0, 0.05) is 45.0 Å². The lowest BCUT2D eigenvalue weighted by molar-refractivity contribution is 0.0835. The summed E-state index contributed by atoms with van der Waals surface area (Å²) in [5.74, 6) is 0. The summed E-state index contributed by atoms with van der Waals surface area (Å²) in [5, 5.41) is 9.54. The molecule has 0 bridgehead atoms. The Hall–Kier alpha value is -1.44. The quantitative estimate of drug-likeness (QED) is 0.800. The zero-order chi connectivity index (χ0) is 13.0. The van der Waals surface area contributed by atoms with Gasteiger partial charge < -0.3 is 4.90 Å². The normalized spacial score (nSPS) is 21.2. The molecule has 0 N–H and O–H groups in total. The lowest BCUT2D eigenvalue weighted by Crippen LogP contribution is -2.55. The molecule has 2 heterocycles. The Balaban J connectivity index is 2.09. The Morgan fingerprint density at radius 3 is 2.67 bits per heavy atom. The number of hydrogen-bond acceptors (Lipinski definition) is 4. The van der Waals surface area contributed by atoms with Gasteiger partial charge in [0.05, 0.1) is 6.07 Å². The van der Waals surface area contributed by atoms with Crippen molar-refractivity contribution in [2.75, 3.05) is 33.2 Å². The SMILES string of the molecule is CN1CCN(C(C)(C#N)Cc2cccnc2)CC1. The van der Waals surface area contributed by atoms with Gasteiger partial charge in [-0.3, -0.25) is 9.88 Å². The number of rotatable bonds is 3. The van der Waals surface area contributed by atoms with Crippen LogP contribution in [0.25, 0.3) is 0 Å². The summed E-state index contributed by atoms with van der Waals surface area (Å²) in [6.07, 6.45) is 4.36. The average Bonchev–Trinajstić information content (AvgIpc) is 2.40. The molecule has 0 radical (unpaired) electrons. The number of nitriles is 1. The molecule has 0 spiro atoms. The molecule has 18 heavy (non-hydrogen) atoms. The highest BCUT2D eigenvalue weighted by Gasteiger charge is 2.33. The Bertz CT molecular complexity index is 417. The highest BCUT2D eigenvalue weighted by atomic mass is 15.3. The van der Waals surface area contributed by atoms with Gasteiger partial charge in [0.15, 0.2) is 0 Å². The van der Waals surface area contributed by atoms with Gasteiger partial charge in [-0.1, -0.05) is 6.07 Å². The Kier molecular flexibility index (Phi) is 3.95. The van der Waals surface area contributed by atoms with Gasteiger partial charge in [0.25, 0.3) is 0 Å². The summed E-state index contributed by atoms with van der Waals surface area (Å²) in [6, 6.07) is 6.46. The summed E-state index contributed by atoms with van der Waals surface area (Å²) < 4.78 is 0. The molecule has 4 nitrogen and oxygen atoms in total. The lowest BCUT2D eigenvalue weighted by Gasteiger charge is -2.41. The third-order valence-corrected chi connectivity index (χ3v) is 3.71. The molecule has 1 fully saturated rings.